The van der Waals surface area contributed by atoms with Gasteiger partial charge in [-0.1, -0.05) is 26.2 Å². The number of nitrogens with zero attached hydrogens (tertiary/aromatic N) is 1. The monoisotopic (exact) mass is 290 g/mol. The van der Waals surface area contributed by atoms with Crippen LogP contribution >= 0.6 is 0 Å². The van der Waals surface area contributed by atoms with Crippen LogP contribution in [0.4, 0.5) is 0 Å². The predicted molar refractivity (Wildman–Crippen MR) is 78.9 cm³/mol. The summed E-state index contributed by atoms with van der Waals surface area (Å²) in [7, 11) is 0. The van der Waals surface area contributed by atoms with Crippen molar-refractivity contribution >= 4 is 11.1 Å². The van der Waals surface area contributed by atoms with Gasteiger partial charge >= 0.3 is 11.3 Å². The number of hydrogen-bond donors (Lipinski definition) is 1. The topological polar surface area (TPSA) is 85.1 Å². The zero-order chi connectivity index (χ0) is 15.0. The molecule has 2 aromatic heterocycles. The molecule has 0 atom stereocenters. The molecule has 112 valence electrons. The van der Waals surface area contributed by atoms with E-state index in [4.69, 9.17) is 4.42 Å². The molecule has 1 fully saturated rings. The lowest BCUT2D eigenvalue weighted by molar-refractivity contribution is 0.337. The van der Waals surface area contributed by atoms with Gasteiger partial charge in [0.25, 0.3) is 5.56 Å². The van der Waals surface area contributed by atoms with Gasteiger partial charge in [0.1, 0.15) is 5.39 Å². The van der Waals surface area contributed by atoms with Crippen LogP contribution in [0, 0.1) is 0 Å². The predicted octanol–water partition coefficient (Wildman–Crippen LogP) is 1.71. The number of rotatable bonds is 2. The van der Waals surface area contributed by atoms with Gasteiger partial charge in [-0.2, -0.15) is 0 Å². The molecule has 1 aliphatic rings. The van der Waals surface area contributed by atoms with Gasteiger partial charge in [0.2, 0.25) is 5.71 Å². The van der Waals surface area contributed by atoms with Gasteiger partial charge in [-0.15, -0.1) is 0 Å². The Morgan fingerprint density at radius 3 is 2.62 bits per heavy atom. The van der Waals surface area contributed by atoms with Crippen LogP contribution < -0.4 is 16.9 Å². The quantitative estimate of drug-likeness (QED) is 0.912. The maximum absolute atomic E-state index is 12.7. The zero-order valence-electron chi connectivity index (χ0n) is 12.0. The molecule has 0 saturated heterocycles. The number of H-pyrrole nitrogens is 1. The minimum Gasteiger partial charge on any atom is -0.405 e. The maximum Gasteiger partial charge on any atom is 0.337 e. The summed E-state index contributed by atoms with van der Waals surface area (Å²) in [5.74, 6) is 0. The fraction of sp³-hybridized carbons (Fsp3) is 0.533. The Kier molecular flexibility index (Phi) is 3.53. The Labute approximate surface area is 120 Å². The fourth-order valence-electron chi connectivity index (χ4n) is 3.18. The molecule has 21 heavy (non-hydrogen) atoms. The lowest BCUT2D eigenvalue weighted by Crippen LogP contribution is -2.39. The molecule has 3 rings (SSSR count). The Morgan fingerprint density at radius 2 is 1.95 bits per heavy atom. The van der Waals surface area contributed by atoms with Crippen molar-refractivity contribution in [1.29, 1.82) is 0 Å². The van der Waals surface area contributed by atoms with E-state index in [1.165, 1.54) is 10.6 Å². The standard InChI is InChI=1S/C15H18N2O4/c1-2-9-8-11(18)21-13-12(9)14(19)17(15(20)16-13)10-6-4-3-5-7-10/h8,10H,2-7H2,1H3,(H,16,20). The Morgan fingerprint density at radius 1 is 1.24 bits per heavy atom. The highest BCUT2D eigenvalue weighted by atomic mass is 16.4. The van der Waals surface area contributed by atoms with Crippen molar-refractivity contribution in [3.8, 4) is 0 Å². The third-order valence-corrected chi connectivity index (χ3v) is 4.24. The molecule has 0 spiro atoms. The molecule has 6 heteroatoms. The second-order valence-electron chi connectivity index (χ2n) is 5.55. The Balaban J connectivity index is 2.32. The molecular formula is C15H18N2O4. The van der Waals surface area contributed by atoms with Crippen LogP contribution in [-0.4, -0.2) is 9.55 Å². The third kappa shape index (κ3) is 2.34. The van der Waals surface area contributed by atoms with Crippen LogP contribution in [0.15, 0.2) is 24.9 Å². The summed E-state index contributed by atoms with van der Waals surface area (Å²) >= 11 is 0. The van der Waals surface area contributed by atoms with Gasteiger partial charge in [-0.3, -0.25) is 14.3 Å². The van der Waals surface area contributed by atoms with E-state index in [0.717, 1.165) is 32.1 Å². The summed E-state index contributed by atoms with van der Waals surface area (Å²) in [5.41, 5.74) is -0.782. The minimum atomic E-state index is -0.551. The Bertz CT molecular complexity index is 837. The zero-order valence-corrected chi connectivity index (χ0v) is 12.0. The first-order valence-electron chi connectivity index (χ1n) is 7.43. The van der Waals surface area contributed by atoms with Gasteiger partial charge in [0.15, 0.2) is 0 Å². The molecule has 1 N–H and O–H groups in total. The molecule has 0 aromatic carbocycles. The lowest BCUT2D eigenvalue weighted by Gasteiger charge is -2.23. The highest BCUT2D eigenvalue weighted by Crippen LogP contribution is 2.26. The van der Waals surface area contributed by atoms with E-state index < -0.39 is 11.3 Å². The number of fused-ring (bicyclic) bond motifs is 1. The molecular weight excluding hydrogens is 272 g/mol. The van der Waals surface area contributed by atoms with Gasteiger partial charge in [0, 0.05) is 12.1 Å². The summed E-state index contributed by atoms with van der Waals surface area (Å²) in [6.07, 6.45) is 5.41. The van der Waals surface area contributed by atoms with E-state index in [2.05, 4.69) is 4.98 Å². The molecule has 2 aromatic rings. The van der Waals surface area contributed by atoms with E-state index in [1.807, 2.05) is 6.92 Å². The van der Waals surface area contributed by atoms with E-state index in [1.54, 1.807) is 0 Å². The number of aromatic amines is 1. The summed E-state index contributed by atoms with van der Waals surface area (Å²) in [6, 6.07) is 1.27. The number of aromatic nitrogens is 2. The highest BCUT2D eigenvalue weighted by Gasteiger charge is 2.21. The van der Waals surface area contributed by atoms with Gasteiger partial charge < -0.3 is 4.42 Å². The van der Waals surface area contributed by atoms with Crippen molar-refractivity contribution in [3.05, 3.63) is 42.9 Å². The summed E-state index contributed by atoms with van der Waals surface area (Å²) in [6.45, 7) is 1.86. The first-order valence-corrected chi connectivity index (χ1v) is 7.43. The summed E-state index contributed by atoms with van der Waals surface area (Å²) in [4.78, 5) is 39.0. The van der Waals surface area contributed by atoms with Crippen LogP contribution in [0.3, 0.4) is 0 Å². The average Bonchev–Trinajstić information content (AvgIpc) is 2.47. The van der Waals surface area contributed by atoms with Crippen LogP contribution in [0.5, 0.6) is 0 Å². The summed E-state index contributed by atoms with van der Waals surface area (Å²) < 4.78 is 6.29. The van der Waals surface area contributed by atoms with Crippen LogP contribution in [-0.2, 0) is 6.42 Å². The van der Waals surface area contributed by atoms with Crippen molar-refractivity contribution in [3.63, 3.8) is 0 Å². The van der Waals surface area contributed by atoms with E-state index in [-0.39, 0.29) is 17.3 Å². The van der Waals surface area contributed by atoms with E-state index >= 15 is 0 Å². The molecule has 6 nitrogen and oxygen atoms in total. The smallest absolute Gasteiger partial charge is 0.337 e. The highest BCUT2D eigenvalue weighted by molar-refractivity contribution is 5.75. The second-order valence-corrected chi connectivity index (χ2v) is 5.55. The number of hydrogen-bond acceptors (Lipinski definition) is 4. The van der Waals surface area contributed by atoms with Gasteiger partial charge in [-0.25, -0.2) is 9.59 Å². The second kappa shape index (κ2) is 5.35. The average molecular weight is 290 g/mol. The first-order chi connectivity index (χ1) is 10.1. The van der Waals surface area contributed by atoms with E-state index in [0.29, 0.717) is 17.4 Å². The largest absolute Gasteiger partial charge is 0.405 e. The van der Waals surface area contributed by atoms with Crippen molar-refractivity contribution in [2.24, 2.45) is 0 Å². The fourth-order valence-corrected chi connectivity index (χ4v) is 3.18. The van der Waals surface area contributed by atoms with Crippen LogP contribution in [0.25, 0.3) is 11.1 Å². The molecule has 1 aliphatic carbocycles. The molecule has 0 amide bonds. The number of aryl methyl sites for hydroxylation is 1. The molecule has 2 heterocycles. The van der Waals surface area contributed by atoms with Gasteiger partial charge in [-0.05, 0) is 24.8 Å². The van der Waals surface area contributed by atoms with Crippen LogP contribution in [0.2, 0.25) is 0 Å². The number of nitrogens with one attached hydrogen (secondary N) is 1. The third-order valence-electron chi connectivity index (χ3n) is 4.24. The van der Waals surface area contributed by atoms with Crippen molar-refractivity contribution in [2.75, 3.05) is 0 Å². The van der Waals surface area contributed by atoms with Crippen molar-refractivity contribution in [2.45, 2.75) is 51.5 Å². The molecule has 0 bridgehead atoms. The van der Waals surface area contributed by atoms with Crippen molar-refractivity contribution in [1.82, 2.24) is 9.55 Å². The van der Waals surface area contributed by atoms with E-state index in [9.17, 15) is 14.4 Å². The minimum absolute atomic E-state index is 0.0126. The molecule has 0 radical (unpaired) electrons. The maximum atomic E-state index is 12.7. The first kappa shape index (κ1) is 13.9. The van der Waals surface area contributed by atoms with Crippen molar-refractivity contribution < 1.29 is 4.42 Å². The summed E-state index contributed by atoms with van der Waals surface area (Å²) in [5, 5.41) is 0.322. The Hall–Kier alpha value is -2.11. The SMILES string of the molecule is CCc1cc(=O)oc2[nH]c(=O)n(C3CCCCC3)c(=O)c12. The lowest BCUT2D eigenvalue weighted by atomic mass is 9.95. The van der Waals surface area contributed by atoms with Crippen LogP contribution in [0.1, 0.15) is 50.6 Å². The van der Waals surface area contributed by atoms with Gasteiger partial charge in [0.05, 0.1) is 0 Å². The molecule has 1 saturated carbocycles. The molecule has 0 aliphatic heterocycles. The normalized spacial score (nSPS) is 16.4. The molecule has 0 unspecified atom stereocenters.